The summed E-state index contributed by atoms with van der Waals surface area (Å²) in [6.07, 6.45) is 0. The average Bonchev–Trinajstić information content (AvgIpc) is 2.69. The van der Waals surface area contributed by atoms with E-state index in [0.717, 1.165) is 5.56 Å². The summed E-state index contributed by atoms with van der Waals surface area (Å²) in [5, 5.41) is 0.752. The first-order chi connectivity index (χ1) is 9.47. The summed E-state index contributed by atoms with van der Waals surface area (Å²) < 4.78 is 15.6. The van der Waals surface area contributed by atoms with Crippen LogP contribution in [-0.4, -0.2) is 9.55 Å². The number of anilines is 1. The molecule has 0 amide bonds. The highest BCUT2D eigenvalue weighted by Gasteiger charge is 2.15. The number of hydrogen-bond donors (Lipinski definition) is 1. The Bertz CT molecular complexity index is 827. The zero-order chi connectivity index (χ0) is 14.4. The number of fused-ring (bicyclic) bond motifs is 1. The molecule has 102 valence electrons. The summed E-state index contributed by atoms with van der Waals surface area (Å²) in [7, 11) is 0. The van der Waals surface area contributed by atoms with Crippen LogP contribution >= 0.6 is 23.2 Å². The number of aromatic nitrogens is 2. The molecule has 1 heterocycles. The van der Waals surface area contributed by atoms with Crippen molar-refractivity contribution < 1.29 is 4.39 Å². The number of nitrogen functional groups attached to an aromatic ring is 1. The Labute approximate surface area is 124 Å². The van der Waals surface area contributed by atoms with E-state index in [0.29, 0.717) is 26.8 Å². The van der Waals surface area contributed by atoms with Gasteiger partial charge in [-0.2, -0.15) is 0 Å². The minimum Gasteiger partial charge on any atom is -0.369 e. The molecule has 6 heteroatoms. The van der Waals surface area contributed by atoms with Crippen molar-refractivity contribution in [2.24, 2.45) is 0 Å². The topological polar surface area (TPSA) is 43.8 Å². The van der Waals surface area contributed by atoms with E-state index in [9.17, 15) is 4.39 Å². The van der Waals surface area contributed by atoms with Gasteiger partial charge in [-0.25, -0.2) is 9.37 Å². The van der Waals surface area contributed by atoms with Crippen molar-refractivity contribution in [2.75, 3.05) is 5.73 Å². The van der Waals surface area contributed by atoms with E-state index in [1.54, 1.807) is 24.3 Å². The molecule has 0 saturated carbocycles. The summed E-state index contributed by atoms with van der Waals surface area (Å²) in [4.78, 5) is 4.19. The minimum absolute atomic E-state index is 0.183. The standard InChI is InChI=1S/C14H10Cl2FN3/c1-7-2-3-10(17)12(4-7)20-13-6-9(16)8(15)5-11(13)19-14(20)18/h2-6H,1H3,(H2,18,19). The SMILES string of the molecule is Cc1ccc(F)c(-n2c(N)nc3cc(Cl)c(Cl)cc32)c1. The fraction of sp³-hybridized carbons (Fsp3) is 0.0714. The Morgan fingerprint density at radius 2 is 1.85 bits per heavy atom. The van der Waals surface area contributed by atoms with Gasteiger partial charge < -0.3 is 5.73 Å². The molecule has 0 saturated heterocycles. The van der Waals surface area contributed by atoms with Gasteiger partial charge in [0.15, 0.2) is 0 Å². The Kier molecular flexibility index (Phi) is 3.07. The second-order valence-electron chi connectivity index (χ2n) is 4.52. The van der Waals surface area contributed by atoms with E-state index < -0.39 is 0 Å². The van der Waals surface area contributed by atoms with Crippen molar-refractivity contribution in [3.8, 4) is 5.69 Å². The van der Waals surface area contributed by atoms with Crippen LogP contribution in [0.3, 0.4) is 0 Å². The van der Waals surface area contributed by atoms with Gasteiger partial charge in [-0.3, -0.25) is 4.57 Å². The van der Waals surface area contributed by atoms with E-state index >= 15 is 0 Å². The molecule has 0 radical (unpaired) electrons. The van der Waals surface area contributed by atoms with Crippen LogP contribution in [0.1, 0.15) is 5.56 Å². The van der Waals surface area contributed by atoms with E-state index in [2.05, 4.69) is 4.98 Å². The maximum Gasteiger partial charge on any atom is 0.206 e. The lowest BCUT2D eigenvalue weighted by Crippen LogP contribution is -2.03. The second kappa shape index (κ2) is 4.65. The molecular weight excluding hydrogens is 300 g/mol. The van der Waals surface area contributed by atoms with Crippen LogP contribution in [0.25, 0.3) is 16.7 Å². The van der Waals surface area contributed by atoms with Crippen LogP contribution in [0.4, 0.5) is 10.3 Å². The first-order valence-electron chi connectivity index (χ1n) is 5.87. The molecule has 0 fully saturated rings. The molecule has 2 N–H and O–H groups in total. The van der Waals surface area contributed by atoms with E-state index in [1.807, 2.05) is 6.92 Å². The second-order valence-corrected chi connectivity index (χ2v) is 5.33. The monoisotopic (exact) mass is 309 g/mol. The molecule has 0 aliphatic heterocycles. The fourth-order valence-corrected chi connectivity index (χ4v) is 2.45. The normalized spacial score (nSPS) is 11.2. The van der Waals surface area contributed by atoms with Crippen molar-refractivity contribution in [2.45, 2.75) is 6.92 Å². The van der Waals surface area contributed by atoms with Crippen LogP contribution in [-0.2, 0) is 0 Å². The van der Waals surface area contributed by atoms with Crippen LogP contribution in [0.15, 0.2) is 30.3 Å². The van der Waals surface area contributed by atoms with Crippen LogP contribution in [0.2, 0.25) is 10.0 Å². The Balaban J connectivity index is 2.38. The highest BCUT2D eigenvalue weighted by molar-refractivity contribution is 6.42. The van der Waals surface area contributed by atoms with E-state index in [4.69, 9.17) is 28.9 Å². The van der Waals surface area contributed by atoms with Crippen LogP contribution in [0, 0.1) is 12.7 Å². The first-order valence-corrected chi connectivity index (χ1v) is 6.62. The fourth-order valence-electron chi connectivity index (χ4n) is 2.14. The van der Waals surface area contributed by atoms with Gasteiger partial charge in [-0.1, -0.05) is 29.3 Å². The van der Waals surface area contributed by atoms with E-state index in [1.165, 1.54) is 10.6 Å². The van der Waals surface area contributed by atoms with Gasteiger partial charge in [0.1, 0.15) is 5.82 Å². The minimum atomic E-state index is -0.382. The number of imidazole rings is 1. The summed E-state index contributed by atoms with van der Waals surface area (Å²) in [6, 6.07) is 8.03. The predicted octanol–water partition coefficient (Wildman–Crippen LogP) is 4.36. The third kappa shape index (κ3) is 2.01. The highest BCUT2D eigenvalue weighted by atomic mass is 35.5. The molecule has 0 spiro atoms. The number of hydrogen-bond acceptors (Lipinski definition) is 2. The predicted molar refractivity (Wildman–Crippen MR) is 80.2 cm³/mol. The molecule has 2 aromatic carbocycles. The molecular formula is C14H10Cl2FN3. The molecule has 0 aliphatic rings. The molecule has 0 unspecified atom stereocenters. The Morgan fingerprint density at radius 1 is 1.15 bits per heavy atom. The van der Waals surface area contributed by atoms with Crippen molar-refractivity contribution >= 4 is 40.2 Å². The lowest BCUT2D eigenvalue weighted by Gasteiger charge is -2.09. The number of benzene rings is 2. The summed E-state index contributed by atoms with van der Waals surface area (Å²) >= 11 is 12.0. The zero-order valence-corrected chi connectivity index (χ0v) is 12.0. The van der Waals surface area contributed by atoms with Crippen molar-refractivity contribution in [3.05, 3.63) is 51.8 Å². The molecule has 0 aliphatic carbocycles. The lowest BCUT2D eigenvalue weighted by molar-refractivity contribution is 0.619. The maximum absolute atomic E-state index is 14.1. The van der Waals surface area contributed by atoms with Crippen LogP contribution in [0.5, 0.6) is 0 Å². The highest BCUT2D eigenvalue weighted by Crippen LogP contribution is 2.31. The van der Waals surface area contributed by atoms with Gasteiger partial charge in [-0.05, 0) is 36.8 Å². The van der Waals surface area contributed by atoms with Gasteiger partial charge in [0, 0.05) is 0 Å². The average molecular weight is 310 g/mol. The lowest BCUT2D eigenvalue weighted by atomic mass is 10.2. The molecule has 0 atom stereocenters. The van der Waals surface area contributed by atoms with Gasteiger partial charge in [0.2, 0.25) is 5.95 Å². The van der Waals surface area contributed by atoms with E-state index in [-0.39, 0.29) is 11.8 Å². The molecule has 3 aromatic rings. The van der Waals surface area contributed by atoms with Crippen molar-refractivity contribution in [1.29, 1.82) is 0 Å². The smallest absolute Gasteiger partial charge is 0.206 e. The Morgan fingerprint density at radius 3 is 2.60 bits per heavy atom. The maximum atomic E-state index is 14.1. The number of nitrogens with two attached hydrogens (primary N) is 1. The number of nitrogens with zero attached hydrogens (tertiary/aromatic N) is 2. The number of rotatable bonds is 1. The summed E-state index contributed by atoms with van der Waals surface area (Å²) in [6.45, 7) is 1.88. The number of aryl methyl sites for hydroxylation is 1. The first kappa shape index (κ1) is 13.2. The summed E-state index contributed by atoms with van der Waals surface area (Å²) in [5.74, 6) is -0.199. The van der Waals surface area contributed by atoms with Crippen LogP contribution < -0.4 is 5.73 Å². The van der Waals surface area contributed by atoms with Gasteiger partial charge in [-0.15, -0.1) is 0 Å². The number of halogens is 3. The molecule has 20 heavy (non-hydrogen) atoms. The van der Waals surface area contributed by atoms with Gasteiger partial charge >= 0.3 is 0 Å². The summed E-state index contributed by atoms with van der Waals surface area (Å²) in [5.41, 5.74) is 8.34. The third-order valence-corrected chi connectivity index (χ3v) is 3.79. The molecule has 3 nitrogen and oxygen atoms in total. The van der Waals surface area contributed by atoms with Gasteiger partial charge in [0.25, 0.3) is 0 Å². The van der Waals surface area contributed by atoms with Crippen molar-refractivity contribution in [1.82, 2.24) is 9.55 Å². The molecule has 1 aromatic heterocycles. The third-order valence-electron chi connectivity index (χ3n) is 3.07. The largest absolute Gasteiger partial charge is 0.369 e. The molecule has 3 rings (SSSR count). The quantitative estimate of drug-likeness (QED) is 0.725. The Hall–Kier alpha value is -1.78. The van der Waals surface area contributed by atoms with Crippen molar-refractivity contribution in [3.63, 3.8) is 0 Å². The molecule has 0 bridgehead atoms. The van der Waals surface area contributed by atoms with Gasteiger partial charge in [0.05, 0.1) is 26.8 Å². The zero-order valence-electron chi connectivity index (χ0n) is 10.5.